The van der Waals surface area contributed by atoms with Gasteiger partial charge in [-0.05, 0) is 32.3 Å². The van der Waals surface area contributed by atoms with E-state index in [-0.39, 0.29) is 0 Å². The number of piperidine rings is 1. The van der Waals surface area contributed by atoms with Gasteiger partial charge in [-0.25, -0.2) is 0 Å². The summed E-state index contributed by atoms with van der Waals surface area (Å²) in [5, 5.41) is 3.13. The standard InChI is InChI=1S/C12H19N3/c1-10-5-3-4-6-15(10)12-7-11(13-2)8-14-9-12/h7-10,13H,3-6H2,1-2H3. The Kier molecular flexibility index (Phi) is 3.09. The highest BCUT2D eigenvalue weighted by molar-refractivity contribution is 5.56. The second-order valence-electron chi connectivity index (χ2n) is 4.22. The minimum absolute atomic E-state index is 0.646. The molecule has 1 fully saturated rings. The van der Waals surface area contributed by atoms with Crippen LogP contribution in [-0.4, -0.2) is 24.6 Å². The van der Waals surface area contributed by atoms with Gasteiger partial charge < -0.3 is 10.2 Å². The first-order valence-electron chi connectivity index (χ1n) is 5.70. The van der Waals surface area contributed by atoms with Crippen molar-refractivity contribution >= 4 is 11.4 Å². The molecule has 2 rings (SSSR count). The largest absolute Gasteiger partial charge is 0.387 e. The summed E-state index contributed by atoms with van der Waals surface area (Å²) in [6.07, 6.45) is 7.77. The molecular formula is C12H19N3. The molecule has 1 aromatic rings. The molecule has 0 spiro atoms. The quantitative estimate of drug-likeness (QED) is 0.804. The van der Waals surface area contributed by atoms with Crippen LogP contribution in [0.5, 0.6) is 0 Å². The first-order chi connectivity index (χ1) is 7.31. The van der Waals surface area contributed by atoms with Crippen LogP contribution in [0.3, 0.4) is 0 Å². The van der Waals surface area contributed by atoms with Crippen molar-refractivity contribution in [2.45, 2.75) is 32.2 Å². The lowest BCUT2D eigenvalue weighted by molar-refractivity contribution is 0.484. The van der Waals surface area contributed by atoms with E-state index in [1.807, 2.05) is 19.4 Å². The van der Waals surface area contributed by atoms with Gasteiger partial charge in [0.2, 0.25) is 0 Å². The molecule has 3 heteroatoms. The fraction of sp³-hybridized carbons (Fsp3) is 0.583. The smallest absolute Gasteiger partial charge is 0.0575 e. The Balaban J connectivity index is 2.19. The number of hydrogen-bond donors (Lipinski definition) is 1. The minimum atomic E-state index is 0.646. The molecule has 1 aromatic heterocycles. The highest BCUT2D eigenvalue weighted by atomic mass is 15.2. The van der Waals surface area contributed by atoms with Crippen molar-refractivity contribution < 1.29 is 0 Å². The lowest BCUT2D eigenvalue weighted by atomic mass is 10.0. The van der Waals surface area contributed by atoms with Crippen LogP contribution >= 0.6 is 0 Å². The monoisotopic (exact) mass is 205 g/mol. The van der Waals surface area contributed by atoms with Crippen molar-refractivity contribution in [3.63, 3.8) is 0 Å². The molecule has 0 aliphatic carbocycles. The van der Waals surface area contributed by atoms with E-state index in [1.54, 1.807) is 0 Å². The first-order valence-corrected chi connectivity index (χ1v) is 5.70. The molecule has 1 aliphatic heterocycles. The molecule has 3 nitrogen and oxygen atoms in total. The van der Waals surface area contributed by atoms with E-state index < -0.39 is 0 Å². The summed E-state index contributed by atoms with van der Waals surface area (Å²) in [7, 11) is 1.93. The van der Waals surface area contributed by atoms with E-state index in [9.17, 15) is 0 Å². The van der Waals surface area contributed by atoms with Crippen molar-refractivity contribution in [3.05, 3.63) is 18.5 Å². The van der Waals surface area contributed by atoms with Crippen LogP contribution in [0.15, 0.2) is 18.5 Å². The molecule has 1 atom stereocenters. The molecule has 1 saturated heterocycles. The van der Waals surface area contributed by atoms with Gasteiger partial charge in [-0.1, -0.05) is 0 Å². The Morgan fingerprint density at radius 2 is 2.27 bits per heavy atom. The van der Waals surface area contributed by atoms with Crippen LogP contribution in [-0.2, 0) is 0 Å². The maximum Gasteiger partial charge on any atom is 0.0575 e. The molecule has 0 amide bonds. The summed E-state index contributed by atoms with van der Waals surface area (Å²) in [4.78, 5) is 6.72. The lowest BCUT2D eigenvalue weighted by Crippen LogP contribution is -2.37. The molecule has 82 valence electrons. The SMILES string of the molecule is CNc1cncc(N2CCCCC2C)c1. The molecule has 0 saturated carbocycles. The summed E-state index contributed by atoms with van der Waals surface area (Å²) < 4.78 is 0. The zero-order valence-corrected chi connectivity index (χ0v) is 9.53. The van der Waals surface area contributed by atoms with E-state index in [0.717, 1.165) is 12.2 Å². The van der Waals surface area contributed by atoms with E-state index in [0.29, 0.717) is 6.04 Å². The number of anilines is 2. The second-order valence-corrected chi connectivity index (χ2v) is 4.22. The Bertz CT molecular complexity index is 324. The van der Waals surface area contributed by atoms with E-state index >= 15 is 0 Å². The Hall–Kier alpha value is -1.25. The van der Waals surface area contributed by atoms with Crippen molar-refractivity contribution in [3.8, 4) is 0 Å². The molecule has 1 aliphatic rings. The van der Waals surface area contributed by atoms with Gasteiger partial charge in [0.05, 0.1) is 23.8 Å². The molecule has 0 aromatic carbocycles. The van der Waals surface area contributed by atoms with Crippen molar-refractivity contribution in [2.24, 2.45) is 0 Å². The van der Waals surface area contributed by atoms with Crippen molar-refractivity contribution in [1.29, 1.82) is 0 Å². The summed E-state index contributed by atoms with van der Waals surface area (Å²) in [6, 6.07) is 2.82. The predicted octanol–water partition coefficient (Wildman–Crippen LogP) is 2.50. The molecule has 1 N–H and O–H groups in total. The second kappa shape index (κ2) is 4.51. The van der Waals surface area contributed by atoms with E-state index in [2.05, 4.69) is 28.2 Å². The molecule has 0 radical (unpaired) electrons. The maximum absolute atomic E-state index is 4.26. The fourth-order valence-electron chi connectivity index (χ4n) is 2.20. The maximum atomic E-state index is 4.26. The normalized spacial score (nSPS) is 21.5. The summed E-state index contributed by atoms with van der Waals surface area (Å²) in [5.74, 6) is 0. The van der Waals surface area contributed by atoms with Crippen molar-refractivity contribution in [1.82, 2.24) is 4.98 Å². The number of hydrogen-bond acceptors (Lipinski definition) is 3. The number of rotatable bonds is 2. The van der Waals surface area contributed by atoms with Gasteiger partial charge in [-0.15, -0.1) is 0 Å². The molecule has 0 bridgehead atoms. The predicted molar refractivity (Wildman–Crippen MR) is 64.4 cm³/mol. The highest BCUT2D eigenvalue weighted by Crippen LogP contribution is 2.25. The van der Waals surface area contributed by atoms with Crippen LogP contribution in [0, 0.1) is 0 Å². The van der Waals surface area contributed by atoms with E-state index in [4.69, 9.17) is 0 Å². The third kappa shape index (κ3) is 2.22. The third-order valence-corrected chi connectivity index (χ3v) is 3.15. The topological polar surface area (TPSA) is 28.2 Å². The van der Waals surface area contributed by atoms with Crippen LogP contribution < -0.4 is 10.2 Å². The van der Waals surface area contributed by atoms with Crippen LogP contribution in [0.25, 0.3) is 0 Å². The van der Waals surface area contributed by atoms with Crippen LogP contribution in [0.1, 0.15) is 26.2 Å². The summed E-state index contributed by atoms with van der Waals surface area (Å²) in [6.45, 7) is 3.46. The Labute approximate surface area is 91.5 Å². The zero-order chi connectivity index (χ0) is 10.7. The Morgan fingerprint density at radius 1 is 1.40 bits per heavy atom. The average molecular weight is 205 g/mol. The van der Waals surface area contributed by atoms with Gasteiger partial charge in [0.1, 0.15) is 0 Å². The summed E-state index contributed by atoms with van der Waals surface area (Å²) in [5.41, 5.74) is 2.33. The molecular weight excluding hydrogens is 186 g/mol. The van der Waals surface area contributed by atoms with Crippen LogP contribution in [0.2, 0.25) is 0 Å². The van der Waals surface area contributed by atoms with Gasteiger partial charge in [0, 0.05) is 19.6 Å². The van der Waals surface area contributed by atoms with Gasteiger partial charge in [0.15, 0.2) is 0 Å². The van der Waals surface area contributed by atoms with Gasteiger partial charge in [0.25, 0.3) is 0 Å². The average Bonchev–Trinajstić information content (AvgIpc) is 2.30. The zero-order valence-electron chi connectivity index (χ0n) is 9.53. The van der Waals surface area contributed by atoms with E-state index in [1.165, 1.54) is 24.9 Å². The number of nitrogens with one attached hydrogen (secondary N) is 1. The first kappa shape index (κ1) is 10.3. The summed E-state index contributed by atoms with van der Waals surface area (Å²) >= 11 is 0. The lowest BCUT2D eigenvalue weighted by Gasteiger charge is -2.35. The Morgan fingerprint density at radius 3 is 3.00 bits per heavy atom. The van der Waals surface area contributed by atoms with Gasteiger partial charge in [-0.3, -0.25) is 4.98 Å². The number of pyridine rings is 1. The third-order valence-electron chi connectivity index (χ3n) is 3.15. The van der Waals surface area contributed by atoms with Gasteiger partial charge in [-0.2, -0.15) is 0 Å². The van der Waals surface area contributed by atoms with Crippen LogP contribution in [0.4, 0.5) is 11.4 Å². The number of aromatic nitrogens is 1. The van der Waals surface area contributed by atoms with Gasteiger partial charge >= 0.3 is 0 Å². The highest BCUT2D eigenvalue weighted by Gasteiger charge is 2.18. The molecule has 15 heavy (non-hydrogen) atoms. The fourth-order valence-corrected chi connectivity index (χ4v) is 2.20. The number of nitrogens with zero attached hydrogens (tertiary/aromatic N) is 2. The minimum Gasteiger partial charge on any atom is -0.387 e. The molecule has 1 unspecified atom stereocenters. The van der Waals surface area contributed by atoms with Crippen molar-refractivity contribution in [2.75, 3.05) is 23.8 Å². The molecule has 2 heterocycles.